The fourth-order valence-corrected chi connectivity index (χ4v) is 2.46. The third kappa shape index (κ3) is 4.49. The van der Waals surface area contributed by atoms with Gasteiger partial charge < -0.3 is 9.73 Å². The van der Waals surface area contributed by atoms with Crippen LogP contribution in [0.4, 0.5) is 13.2 Å². The Bertz CT molecular complexity index is 562. The number of para-hydroxylation sites is 1. The lowest BCUT2D eigenvalue weighted by atomic mass is 10.00. The Balaban J connectivity index is 2.11. The predicted molar refractivity (Wildman–Crippen MR) is 77.2 cm³/mol. The van der Waals surface area contributed by atoms with E-state index in [-0.39, 0.29) is 12.5 Å². The lowest BCUT2D eigenvalue weighted by molar-refractivity contribution is -0.135. The SMILES string of the molecule is CCCNC(CCCC(F)(F)F)c1coc2ccccc12. The van der Waals surface area contributed by atoms with Crippen molar-refractivity contribution in [3.8, 4) is 0 Å². The van der Waals surface area contributed by atoms with E-state index in [0.717, 1.165) is 29.5 Å². The van der Waals surface area contributed by atoms with Gasteiger partial charge in [-0.3, -0.25) is 0 Å². The van der Waals surface area contributed by atoms with E-state index < -0.39 is 12.6 Å². The van der Waals surface area contributed by atoms with Crippen molar-refractivity contribution >= 4 is 11.0 Å². The molecule has 1 unspecified atom stereocenters. The maximum Gasteiger partial charge on any atom is 0.389 e. The lowest BCUT2D eigenvalue weighted by Crippen LogP contribution is -2.22. The minimum absolute atomic E-state index is 0.101. The van der Waals surface area contributed by atoms with E-state index in [9.17, 15) is 13.2 Å². The molecular weight excluding hydrogens is 279 g/mol. The highest BCUT2D eigenvalue weighted by molar-refractivity contribution is 5.81. The number of alkyl halides is 3. The molecule has 2 nitrogen and oxygen atoms in total. The van der Waals surface area contributed by atoms with Gasteiger partial charge in [0.2, 0.25) is 0 Å². The minimum atomic E-state index is -4.09. The number of hydrogen-bond acceptors (Lipinski definition) is 2. The molecule has 1 heterocycles. The quantitative estimate of drug-likeness (QED) is 0.759. The van der Waals surface area contributed by atoms with Crippen LogP contribution < -0.4 is 5.32 Å². The Morgan fingerprint density at radius 1 is 1.24 bits per heavy atom. The maximum atomic E-state index is 12.3. The fourth-order valence-electron chi connectivity index (χ4n) is 2.46. The summed E-state index contributed by atoms with van der Waals surface area (Å²) in [6.07, 6.45) is -1.68. The van der Waals surface area contributed by atoms with Gasteiger partial charge in [0.15, 0.2) is 0 Å². The Morgan fingerprint density at radius 2 is 2.00 bits per heavy atom. The van der Waals surface area contributed by atoms with E-state index in [4.69, 9.17) is 4.42 Å². The average molecular weight is 299 g/mol. The van der Waals surface area contributed by atoms with Gasteiger partial charge in [0, 0.05) is 23.4 Å². The average Bonchev–Trinajstić information content (AvgIpc) is 2.85. The molecule has 0 spiro atoms. The van der Waals surface area contributed by atoms with E-state index in [1.165, 1.54) is 0 Å². The topological polar surface area (TPSA) is 25.2 Å². The summed E-state index contributed by atoms with van der Waals surface area (Å²) < 4.78 is 42.4. The Hall–Kier alpha value is -1.49. The van der Waals surface area contributed by atoms with E-state index in [1.54, 1.807) is 6.26 Å². The van der Waals surface area contributed by atoms with Gasteiger partial charge in [0.1, 0.15) is 5.58 Å². The van der Waals surface area contributed by atoms with Crippen LogP contribution in [0.5, 0.6) is 0 Å². The molecule has 0 aliphatic rings. The number of benzene rings is 1. The maximum absolute atomic E-state index is 12.3. The van der Waals surface area contributed by atoms with Crippen LogP contribution in [0.2, 0.25) is 0 Å². The van der Waals surface area contributed by atoms with Crippen LogP contribution in [0.1, 0.15) is 44.2 Å². The van der Waals surface area contributed by atoms with Crippen molar-refractivity contribution in [1.29, 1.82) is 0 Å². The molecular formula is C16H20F3NO. The van der Waals surface area contributed by atoms with E-state index in [2.05, 4.69) is 5.32 Å². The van der Waals surface area contributed by atoms with Crippen LogP contribution >= 0.6 is 0 Å². The zero-order valence-corrected chi connectivity index (χ0v) is 12.0. The second kappa shape index (κ2) is 6.98. The number of fused-ring (bicyclic) bond motifs is 1. The van der Waals surface area contributed by atoms with Crippen LogP contribution in [0.3, 0.4) is 0 Å². The molecule has 1 atom stereocenters. The first-order valence-electron chi connectivity index (χ1n) is 7.27. The van der Waals surface area contributed by atoms with Gasteiger partial charge in [-0.2, -0.15) is 13.2 Å². The molecule has 0 saturated heterocycles. The van der Waals surface area contributed by atoms with Crippen molar-refractivity contribution in [3.05, 3.63) is 36.1 Å². The van der Waals surface area contributed by atoms with Gasteiger partial charge in [-0.15, -0.1) is 0 Å². The Kier molecular flexibility index (Phi) is 5.28. The first-order valence-corrected chi connectivity index (χ1v) is 7.27. The number of halogens is 3. The molecule has 1 aromatic carbocycles. The van der Waals surface area contributed by atoms with Crippen LogP contribution in [0.25, 0.3) is 11.0 Å². The Morgan fingerprint density at radius 3 is 2.71 bits per heavy atom. The summed E-state index contributed by atoms with van der Waals surface area (Å²) >= 11 is 0. The fraction of sp³-hybridized carbons (Fsp3) is 0.500. The molecule has 0 bridgehead atoms. The van der Waals surface area contributed by atoms with Crippen molar-refractivity contribution in [2.45, 2.75) is 44.8 Å². The lowest BCUT2D eigenvalue weighted by Gasteiger charge is -2.18. The summed E-state index contributed by atoms with van der Waals surface area (Å²) in [4.78, 5) is 0. The normalized spacial score (nSPS) is 13.7. The van der Waals surface area contributed by atoms with E-state index >= 15 is 0 Å². The summed E-state index contributed by atoms with van der Waals surface area (Å²) in [6.45, 7) is 2.81. The molecule has 0 amide bonds. The van der Waals surface area contributed by atoms with Crippen LogP contribution in [0, 0.1) is 0 Å². The first kappa shape index (κ1) is 15.9. The second-order valence-electron chi connectivity index (χ2n) is 5.20. The van der Waals surface area contributed by atoms with Gasteiger partial charge in [0.05, 0.1) is 6.26 Å². The standard InChI is InChI=1S/C16H20F3NO/c1-2-10-20-14(7-5-9-16(17,18)19)13-11-21-15-8-4-3-6-12(13)15/h3-4,6,8,11,14,20H,2,5,7,9-10H2,1H3. The van der Waals surface area contributed by atoms with Crippen molar-refractivity contribution in [3.63, 3.8) is 0 Å². The summed E-state index contributed by atoms with van der Waals surface area (Å²) in [5.74, 6) is 0. The first-order chi connectivity index (χ1) is 10.0. The zero-order valence-electron chi connectivity index (χ0n) is 12.0. The third-order valence-electron chi connectivity index (χ3n) is 3.48. The highest BCUT2D eigenvalue weighted by Crippen LogP contribution is 2.31. The molecule has 0 fully saturated rings. The monoisotopic (exact) mass is 299 g/mol. The Labute approximate surface area is 122 Å². The molecule has 1 N–H and O–H groups in total. The van der Waals surface area contributed by atoms with Gasteiger partial charge in [-0.25, -0.2) is 0 Å². The largest absolute Gasteiger partial charge is 0.464 e. The number of rotatable bonds is 7. The minimum Gasteiger partial charge on any atom is -0.464 e. The predicted octanol–water partition coefficient (Wildman–Crippen LogP) is 5.21. The zero-order chi connectivity index (χ0) is 15.3. The van der Waals surface area contributed by atoms with Crippen LogP contribution in [-0.4, -0.2) is 12.7 Å². The molecule has 2 aromatic rings. The van der Waals surface area contributed by atoms with Crippen molar-refractivity contribution in [2.75, 3.05) is 6.54 Å². The third-order valence-corrected chi connectivity index (χ3v) is 3.48. The summed E-state index contributed by atoms with van der Waals surface area (Å²) in [6, 6.07) is 7.50. The summed E-state index contributed by atoms with van der Waals surface area (Å²) in [5.41, 5.74) is 1.72. The summed E-state index contributed by atoms with van der Waals surface area (Å²) in [7, 11) is 0. The molecule has 1 aromatic heterocycles. The summed E-state index contributed by atoms with van der Waals surface area (Å²) in [5, 5.41) is 4.29. The van der Waals surface area contributed by atoms with Crippen molar-refractivity contribution in [1.82, 2.24) is 5.32 Å². The van der Waals surface area contributed by atoms with Gasteiger partial charge in [0.25, 0.3) is 0 Å². The van der Waals surface area contributed by atoms with Crippen molar-refractivity contribution < 1.29 is 17.6 Å². The van der Waals surface area contributed by atoms with Gasteiger partial charge in [-0.05, 0) is 31.9 Å². The molecule has 21 heavy (non-hydrogen) atoms. The molecule has 0 aliphatic heterocycles. The second-order valence-corrected chi connectivity index (χ2v) is 5.20. The molecule has 5 heteroatoms. The number of nitrogens with one attached hydrogen (secondary N) is 1. The van der Waals surface area contributed by atoms with E-state index in [1.807, 2.05) is 31.2 Å². The molecule has 0 saturated carbocycles. The van der Waals surface area contributed by atoms with E-state index in [0.29, 0.717) is 6.42 Å². The van der Waals surface area contributed by atoms with Crippen molar-refractivity contribution in [2.24, 2.45) is 0 Å². The number of hydrogen-bond donors (Lipinski definition) is 1. The van der Waals surface area contributed by atoms with Crippen LogP contribution in [0.15, 0.2) is 34.9 Å². The molecule has 2 rings (SSSR count). The van der Waals surface area contributed by atoms with Gasteiger partial charge >= 0.3 is 6.18 Å². The highest BCUT2D eigenvalue weighted by atomic mass is 19.4. The highest BCUT2D eigenvalue weighted by Gasteiger charge is 2.27. The van der Waals surface area contributed by atoms with Gasteiger partial charge in [-0.1, -0.05) is 25.1 Å². The van der Waals surface area contributed by atoms with Crippen LogP contribution in [-0.2, 0) is 0 Å². The molecule has 116 valence electrons. The molecule has 0 aliphatic carbocycles. The smallest absolute Gasteiger partial charge is 0.389 e. The molecule has 0 radical (unpaired) electrons. The number of furan rings is 1.